The maximum Gasteiger partial charge on any atom is 0.0172 e. The van der Waals surface area contributed by atoms with Gasteiger partial charge in [-0.1, -0.05) is 53.6 Å². The van der Waals surface area contributed by atoms with Crippen LogP contribution in [0.2, 0.25) is 0 Å². The maximum atomic E-state index is 3.40. The third-order valence-electron chi connectivity index (χ3n) is 1.24. The molecule has 0 unspecified atom stereocenters. The third-order valence-corrected chi connectivity index (χ3v) is 1.77. The van der Waals surface area contributed by atoms with Gasteiger partial charge in [-0.25, -0.2) is 0 Å². The Labute approximate surface area is 77.8 Å². The predicted molar refractivity (Wildman–Crippen MR) is 55.9 cm³/mol. The molecule has 0 aromatic heterocycles. The molecule has 0 saturated carbocycles. The fourth-order valence-electron chi connectivity index (χ4n) is 0.703. The van der Waals surface area contributed by atoms with Crippen LogP contribution in [0.4, 0.5) is 0 Å². The van der Waals surface area contributed by atoms with Crippen LogP contribution in [0.3, 0.4) is 0 Å². The monoisotopic (exact) mass is 214 g/mol. The van der Waals surface area contributed by atoms with Crippen LogP contribution in [-0.4, -0.2) is 0 Å². The summed E-state index contributed by atoms with van der Waals surface area (Å²) < 4.78 is 1.15. The molecule has 11 heavy (non-hydrogen) atoms. The van der Waals surface area contributed by atoms with Crippen molar-refractivity contribution in [1.82, 2.24) is 0 Å². The van der Waals surface area contributed by atoms with Crippen molar-refractivity contribution in [3.05, 3.63) is 34.4 Å². The molecule has 0 aromatic carbocycles. The Bertz CT molecular complexity index is 185. The zero-order valence-electron chi connectivity index (χ0n) is 7.39. The SMILES string of the molecule is CC.CC1=CC=C(Br)C=CC1. The molecular weight excluding hydrogens is 200 g/mol. The highest BCUT2D eigenvalue weighted by Crippen LogP contribution is 2.14. The van der Waals surface area contributed by atoms with Crippen molar-refractivity contribution in [3.8, 4) is 0 Å². The van der Waals surface area contributed by atoms with Crippen molar-refractivity contribution < 1.29 is 0 Å². The molecule has 1 heteroatoms. The van der Waals surface area contributed by atoms with Gasteiger partial charge < -0.3 is 0 Å². The molecular formula is C10H15Br. The van der Waals surface area contributed by atoms with E-state index in [-0.39, 0.29) is 0 Å². The minimum absolute atomic E-state index is 1.08. The van der Waals surface area contributed by atoms with Crippen LogP contribution in [0.25, 0.3) is 0 Å². The number of halogens is 1. The Morgan fingerprint density at radius 2 is 1.91 bits per heavy atom. The summed E-state index contributed by atoms with van der Waals surface area (Å²) in [7, 11) is 0. The van der Waals surface area contributed by atoms with Crippen LogP contribution in [0.1, 0.15) is 27.2 Å². The summed E-state index contributed by atoms with van der Waals surface area (Å²) in [5, 5.41) is 0. The van der Waals surface area contributed by atoms with E-state index in [1.807, 2.05) is 13.8 Å². The first-order chi connectivity index (χ1) is 5.29. The lowest BCUT2D eigenvalue weighted by Gasteiger charge is -1.86. The molecule has 0 spiro atoms. The molecule has 1 rings (SSSR count). The van der Waals surface area contributed by atoms with Gasteiger partial charge in [-0.05, 0) is 19.4 Å². The van der Waals surface area contributed by atoms with Gasteiger partial charge in [0, 0.05) is 4.48 Å². The quantitative estimate of drug-likeness (QED) is 0.568. The predicted octanol–water partition coefficient (Wildman–Crippen LogP) is 4.20. The van der Waals surface area contributed by atoms with Gasteiger partial charge in [0.25, 0.3) is 0 Å². The lowest BCUT2D eigenvalue weighted by molar-refractivity contribution is 1.22. The summed E-state index contributed by atoms with van der Waals surface area (Å²) in [6.45, 7) is 6.13. The summed E-state index contributed by atoms with van der Waals surface area (Å²) in [4.78, 5) is 0. The molecule has 1 aliphatic rings. The highest BCUT2D eigenvalue weighted by molar-refractivity contribution is 9.11. The van der Waals surface area contributed by atoms with Crippen LogP contribution in [0.15, 0.2) is 34.4 Å². The molecule has 0 atom stereocenters. The van der Waals surface area contributed by atoms with Gasteiger partial charge >= 0.3 is 0 Å². The van der Waals surface area contributed by atoms with Crippen LogP contribution in [-0.2, 0) is 0 Å². The molecule has 0 heterocycles. The normalized spacial score (nSPS) is 15.6. The Morgan fingerprint density at radius 1 is 1.27 bits per heavy atom. The van der Waals surface area contributed by atoms with Crippen LogP contribution in [0.5, 0.6) is 0 Å². The van der Waals surface area contributed by atoms with Gasteiger partial charge in [-0.15, -0.1) is 0 Å². The van der Waals surface area contributed by atoms with Crippen LogP contribution in [0, 0.1) is 0 Å². The minimum Gasteiger partial charge on any atom is -0.0794 e. The van der Waals surface area contributed by atoms with Gasteiger partial charge in [-0.3, -0.25) is 0 Å². The van der Waals surface area contributed by atoms with Crippen molar-refractivity contribution in [1.29, 1.82) is 0 Å². The molecule has 62 valence electrons. The highest BCUT2D eigenvalue weighted by Gasteiger charge is 1.89. The first kappa shape index (κ1) is 10.7. The maximum absolute atomic E-state index is 3.40. The molecule has 0 radical (unpaired) electrons. The minimum atomic E-state index is 1.08. The summed E-state index contributed by atoms with van der Waals surface area (Å²) in [5.74, 6) is 0. The van der Waals surface area contributed by atoms with Crippen molar-refractivity contribution in [2.24, 2.45) is 0 Å². The van der Waals surface area contributed by atoms with Gasteiger partial charge in [0.15, 0.2) is 0 Å². The molecule has 0 fully saturated rings. The number of hydrogen-bond donors (Lipinski definition) is 0. The van der Waals surface area contributed by atoms with Gasteiger partial charge in [0.05, 0.1) is 0 Å². The number of hydrogen-bond acceptors (Lipinski definition) is 0. The Kier molecular flexibility index (Phi) is 6.24. The van der Waals surface area contributed by atoms with E-state index in [9.17, 15) is 0 Å². The topological polar surface area (TPSA) is 0 Å². The summed E-state index contributed by atoms with van der Waals surface area (Å²) in [6, 6.07) is 0. The molecule has 0 saturated heterocycles. The van der Waals surface area contributed by atoms with Gasteiger partial charge in [-0.2, -0.15) is 0 Å². The van der Waals surface area contributed by atoms with E-state index in [1.54, 1.807) is 0 Å². The van der Waals surface area contributed by atoms with Crippen LogP contribution < -0.4 is 0 Å². The molecule has 0 aromatic rings. The summed E-state index contributed by atoms with van der Waals surface area (Å²) >= 11 is 3.40. The van der Waals surface area contributed by atoms with E-state index in [2.05, 4.69) is 47.2 Å². The van der Waals surface area contributed by atoms with Crippen molar-refractivity contribution in [2.45, 2.75) is 27.2 Å². The molecule has 0 aliphatic heterocycles. The van der Waals surface area contributed by atoms with Gasteiger partial charge in [0.2, 0.25) is 0 Å². The smallest absolute Gasteiger partial charge is 0.0172 e. The average molecular weight is 215 g/mol. The van der Waals surface area contributed by atoms with E-state index < -0.39 is 0 Å². The second-order valence-corrected chi connectivity index (χ2v) is 3.09. The van der Waals surface area contributed by atoms with Crippen molar-refractivity contribution in [2.75, 3.05) is 0 Å². The number of rotatable bonds is 0. The highest BCUT2D eigenvalue weighted by atomic mass is 79.9. The van der Waals surface area contributed by atoms with Gasteiger partial charge in [0.1, 0.15) is 0 Å². The molecule has 0 bridgehead atoms. The van der Waals surface area contributed by atoms with E-state index in [4.69, 9.17) is 0 Å². The molecule has 0 N–H and O–H groups in total. The van der Waals surface area contributed by atoms with E-state index in [0.717, 1.165) is 10.9 Å². The summed E-state index contributed by atoms with van der Waals surface area (Å²) in [5.41, 5.74) is 1.40. The molecule has 0 nitrogen and oxygen atoms in total. The molecule has 0 amide bonds. The van der Waals surface area contributed by atoms with Crippen molar-refractivity contribution in [3.63, 3.8) is 0 Å². The fraction of sp³-hybridized carbons (Fsp3) is 0.400. The first-order valence-corrected chi connectivity index (χ1v) is 4.78. The van der Waals surface area contributed by atoms with E-state index >= 15 is 0 Å². The largest absolute Gasteiger partial charge is 0.0794 e. The van der Waals surface area contributed by atoms with Crippen molar-refractivity contribution >= 4 is 15.9 Å². The second kappa shape index (κ2) is 6.41. The Balaban J connectivity index is 0.000000461. The Morgan fingerprint density at radius 3 is 2.55 bits per heavy atom. The fourth-order valence-corrected chi connectivity index (χ4v) is 1.02. The Hall–Kier alpha value is -0.300. The van der Waals surface area contributed by atoms with E-state index in [0.29, 0.717) is 0 Å². The zero-order chi connectivity index (χ0) is 8.69. The third kappa shape index (κ3) is 5.02. The standard InChI is InChI=1S/C8H9Br.C2H6/c1-7-3-2-4-8(9)6-5-7;1-2/h2,4-6H,3H2,1H3;1-2H3. The average Bonchev–Trinajstić information content (AvgIpc) is 2.20. The second-order valence-electron chi connectivity index (χ2n) is 2.17. The lowest BCUT2D eigenvalue weighted by atomic mass is 10.2. The molecule has 1 aliphatic carbocycles. The van der Waals surface area contributed by atoms with Crippen LogP contribution >= 0.6 is 15.9 Å². The first-order valence-electron chi connectivity index (χ1n) is 3.98. The summed E-state index contributed by atoms with van der Waals surface area (Å²) in [6.07, 6.45) is 9.50. The van der Waals surface area contributed by atoms with E-state index in [1.165, 1.54) is 5.57 Å². The number of allylic oxidation sites excluding steroid dienone is 6. The lowest BCUT2D eigenvalue weighted by Crippen LogP contribution is -1.66. The zero-order valence-corrected chi connectivity index (χ0v) is 8.98.